The Morgan fingerprint density at radius 1 is 1.53 bits per heavy atom. The zero-order chi connectivity index (χ0) is 13.4. The van der Waals surface area contributed by atoms with Gasteiger partial charge in [0.25, 0.3) is 0 Å². The SMILES string of the molecule is Cc1cc(C2CC2C(=O)O)ccc1Cn1ccnc1. The third-order valence-electron chi connectivity index (χ3n) is 3.81. The summed E-state index contributed by atoms with van der Waals surface area (Å²) in [7, 11) is 0. The third-order valence-corrected chi connectivity index (χ3v) is 3.81. The summed E-state index contributed by atoms with van der Waals surface area (Å²) in [4.78, 5) is 14.9. The minimum absolute atomic E-state index is 0.182. The van der Waals surface area contributed by atoms with Crippen molar-refractivity contribution in [2.24, 2.45) is 5.92 Å². The van der Waals surface area contributed by atoms with E-state index in [2.05, 4.69) is 30.1 Å². The molecule has 4 heteroatoms. The number of aliphatic carboxylic acids is 1. The predicted molar refractivity (Wildman–Crippen MR) is 71.0 cm³/mol. The highest BCUT2D eigenvalue weighted by Crippen LogP contribution is 2.47. The average molecular weight is 256 g/mol. The van der Waals surface area contributed by atoms with Crippen LogP contribution in [0.4, 0.5) is 0 Å². The molecule has 0 aliphatic heterocycles. The fourth-order valence-electron chi connectivity index (χ4n) is 2.54. The molecule has 2 aromatic rings. The number of carboxylic acid groups (broad SMARTS) is 1. The normalized spacial score (nSPS) is 21.3. The number of hydrogen-bond donors (Lipinski definition) is 1. The second-order valence-corrected chi connectivity index (χ2v) is 5.21. The highest BCUT2D eigenvalue weighted by atomic mass is 16.4. The van der Waals surface area contributed by atoms with E-state index in [0.29, 0.717) is 0 Å². The Kier molecular flexibility index (Phi) is 2.85. The molecule has 0 spiro atoms. The Balaban J connectivity index is 1.77. The van der Waals surface area contributed by atoms with Gasteiger partial charge in [0.05, 0.1) is 12.2 Å². The van der Waals surface area contributed by atoms with Gasteiger partial charge in [0.1, 0.15) is 0 Å². The van der Waals surface area contributed by atoms with Crippen LogP contribution in [0.2, 0.25) is 0 Å². The first kappa shape index (κ1) is 12.0. The van der Waals surface area contributed by atoms with Gasteiger partial charge in [-0.05, 0) is 36.0 Å². The molecular weight excluding hydrogens is 240 g/mol. The number of nitrogens with zero attached hydrogens (tertiary/aromatic N) is 2. The van der Waals surface area contributed by atoms with Crippen molar-refractivity contribution in [3.63, 3.8) is 0 Å². The van der Waals surface area contributed by atoms with E-state index in [1.807, 2.05) is 10.8 Å². The van der Waals surface area contributed by atoms with E-state index >= 15 is 0 Å². The van der Waals surface area contributed by atoms with Crippen LogP contribution in [-0.4, -0.2) is 20.6 Å². The summed E-state index contributed by atoms with van der Waals surface area (Å²) in [6, 6.07) is 6.29. The highest BCUT2D eigenvalue weighted by Gasteiger charge is 2.44. The molecule has 1 fully saturated rings. The van der Waals surface area contributed by atoms with Crippen LogP contribution in [0.1, 0.15) is 29.0 Å². The lowest BCUT2D eigenvalue weighted by atomic mass is 10.0. The maximum atomic E-state index is 10.9. The fourth-order valence-corrected chi connectivity index (χ4v) is 2.54. The van der Waals surface area contributed by atoms with E-state index in [4.69, 9.17) is 5.11 Å². The quantitative estimate of drug-likeness (QED) is 0.914. The van der Waals surface area contributed by atoms with E-state index in [1.165, 1.54) is 11.1 Å². The van der Waals surface area contributed by atoms with Gasteiger partial charge < -0.3 is 9.67 Å². The highest BCUT2D eigenvalue weighted by molar-refractivity contribution is 5.75. The van der Waals surface area contributed by atoms with E-state index < -0.39 is 5.97 Å². The molecule has 1 saturated carbocycles. The minimum atomic E-state index is -0.676. The van der Waals surface area contributed by atoms with Crippen molar-refractivity contribution in [3.05, 3.63) is 53.6 Å². The third kappa shape index (κ3) is 2.38. The van der Waals surface area contributed by atoms with E-state index in [9.17, 15) is 4.79 Å². The van der Waals surface area contributed by atoms with Crippen LogP contribution in [0.3, 0.4) is 0 Å². The van der Waals surface area contributed by atoms with E-state index in [1.54, 1.807) is 12.5 Å². The van der Waals surface area contributed by atoms with Crippen molar-refractivity contribution in [1.82, 2.24) is 9.55 Å². The molecule has 1 N–H and O–H groups in total. The number of rotatable bonds is 4. The molecule has 3 rings (SSSR count). The summed E-state index contributed by atoms with van der Waals surface area (Å²) in [5, 5.41) is 8.97. The van der Waals surface area contributed by atoms with E-state index in [-0.39, 0.29) is 11.8 Å². The van der Waals surface area contributed by atoms with Crippen molar-refractivity contribution < 1.29 is 9.90 Å². The molecule has 1 aromatic carbocycles. The van der Waals surface area contributed by atoms with Gasteiger partial charge in [-0.15, -0.1) is 0 Å². The van der Waals surface area contributed by atoms with Crippen molar-refractivity contribution in [1.29, 1.82) is 0 Å². The first-order valence-corrected chi connectivity index (χ1v) is 6.43. The van der Waals surface area contributed by atoms with Gasteiger partial charge in [-0.25, -0.2) is 4.98 Å². The second-order valence-electron chi connectivity index (χ2n) is 5.21. The number of hydrogen-bond acceptors (Lipinski definition) is 2. The number of imidazole rings is 1. The van der Waals surface area contributed by atoms with Gasteiger partial charge in [-0.1, -0.05) is 18.2 Å². The van der Waals surface area contributed by atoms with Crippen LogP contribution in [0.25, 0.3) is 0 Å². The lowest BCUT2D eigenvalue weighted by molar-refractivity contribution is -0.138. The van der Waals surface area contributed by atoms with Crippen molar-refractivity contribution >= 4 is 5.97 Å². The summed E-state index contributed by atoms with van der Waals surface area (Å²) in [6.45, 7) is 2.88. The van der Waals surface area contributed by atoms with Gasteiger partial charge in [-0.3, -0.25) is 4.79 Å². The van der Waals surface area contributed by atoms with Crippen molar-refractivity contribution in [2.45, 2.75) is 25.8 Å². The molecule has 2 atom stereocenters. The maximum Gasteiger partial charge on any atom is 0.307 e. The van der Waals surface area contributed by atoms with Crippen LogP contribution in [0, 0.1) is 12.8 Å². The largest absolute Gasteiger partial charge is 0.481 e. The van der Waals surface area contributed by atoms with Crippen LogP contribution in [-0.2, 0) is 11.3 Å². The summed E-state index contributed by atoms with van der Waals surface area (Å²) in [5.74, 6) is -0.650. The number of aryl methyl sites for hydroxylation is 1. The Hall–Kier alpha value is -2.10. The minimum Gasteiger partial charge on any atom is -0.481 e. The van der Waals surface area contributed by atoms with Gasteiger partial charge in [0, 0.05) is 18.9 Å². The van der Waals surface area contributed by atoms with Crippen LogP contribution in [0.15, 0.2) is 36.9 Å². The van der Waals surface area contributed by atoms with Crippen molar-refractivity contribution in [2.75, 3.05) is 0 Å². The molecule has 1 heterocycles. The van der Waals surface area contributed by atoms with E-state index in [0.717, 1.165) is 18.5 Å². The molecule has 1 aliphatic carbocycles. The molecule has 1 aliphatic rings. The number of benzene rings is 1. The maximum absolute atomic E-state index is 10.9. The molecule has 2 unspecified atom stereocenters. The second kappa shape index (κ2) is 4.53. The summed E-state index contributed by atoms with van der Waals surface area (Å²) in [6.07, 6.45) is 6.28. The number of carboxylic acids is 1. The smallest absolute Gasteiger partial charge is 0.307 e. The zero-order valence-corrected chi connectivity index (χ0v) is 10.8. The first-order chi connectivity index (χ1) is 9.15. The van der Waals surface area contributed by atoms with Crippen LogP contribution < -0.4 is 0 Å². The first-order valence-electron chi connectivity index (χ1n) is 6.43. The van der Waals surface area contributed by atoms with Gasteiger partial charge in [0.2, 0.25) is 0 Å². The predicted octanol–water partition coefficient (Wildman–Crippen LogP) is 2.43. The molecular formula is C15H16N2O2. The molecule has 0 bridgehead atoms. The number of carbonyl (C=O) groups is 1. The molecule has 98 valence electrons. The monoisotopic (exact) mass is 256 g/mol. The van der Waals surface area contributed by atoms with Crippen LogP contribution in [0.5, 0.6) is 0 Å². The zero-order valence-electron chi connectivity index (χ0n) is 10.8. The standard InChI is InChI=1S/C15H16N2O2/c1-10-6-11(13-7-14(13)15(18)19)2-3-12(10)8-17-5-4-16-9-17/h2-6,9,13-14H,7-8H2,1H3,(H,18,19). The summed E-state index contributed by atoms with van der Waals surface area (Å²) >= 11 is 0. The lowest BCUT2D eigenvalue weighted by Crippen LogP contribution is -2.01. The Bertz CT molecular complexity index is 605. The fraction of sp³-hybridized carbons (Fsp3) is 0.333. The van der Waals surface area contributed by atoms with Crippen molar-refractivity contribution in [3.8, 4) is 0 Å². The Labute approximate surface area is 111 Å². The van der Waals surface area contributed by atoms with Crippen LogP contribution >= 0.6 is 0 Å². The van der Waals surface area contributed by atoms with Gasteiger partial charge in [-0.2, -0.15) is 0 Å². The summed E-state index contributed by atoms with van der Waals surface area (Å²) in [5.41, 5.74) is 3.61. The topological polar surface area (TPSA) is 55.1 Å². The molecule has 0 saturated heterocycles. The van der Waals surface area contributed by atoms with Gasteiger partial charge >= 0.3 is 5.97 Å². The molecule has 0 radical (unpaired) electrons. The molecule has 19 heavy (non-hydrogen) atoms. The summed E-state index contributed by atoms with van der Waals surface area (Å²) < 4.78 is 2.03. The molecule has 4 nitrogen and oxygen atoms in total. The number of aromatic nitrogens is 2. The van der Waals surface area contributed by atoms with Gasteiger partial charge in [0.15, 0.2) is 0 Å². The average Bonchev–Trinajstić information content (AvgIpc) is 3.03. The Morgan fingerprint density at radius 3 is 2.95 bits per heavy atom. The lowest BCUT2D eigenvalue weighted by Gasteiger charge is -2.09. The Morgan fingerprint density at radius 2 is 2.37 bits per heavy atom. The molecule has 0 amide bonds. The molecule has 1 aromatic heterocycles.